The van der Waals surface area contributed by atoms with E-state index in [1.54, 1.807) is 0 Å². The number of nitrogens with two attached hydrogens (primary N) is 1. The molecule has 4 nitrogen and oxygen atoms in total. The van der Waals surface area contributed by atoms with Crippen molar-refractivity contribution in [2.45, 2.75) is 25.7 Å². The number of nitrogen functional groups attached to an aromatic ring is 1. The second kappa shape index (κ2) is 4.98. The van der Waals surface area contributed by atoms with Crippen molar-refractivity contribution >= 4 is 22.5 Å². The van der Waals surface area contributed by atoms with Crippen LogP contribution in [0.3, 0.4) is 0 Å². The quantitative estimate of drug-likeness (QED) is 0.749. The van der Waals surface area contributed by atoms with Gasteiger partial charge in [-0.3, -0.25) is 4.79 Å². The Balaban J connectivity index is 1.86. The summed E-state index contributed by atoms with van der Waals surface area (Å²) in [6, 6.07) is 13.6. The molecular formula is C18H17N3O. The summed E-state index contributed by atoms with van der Waals surface area (Å²) in [5, 5.41) is 6.45. The normalized spacial score (nSPS) is 14.0. The molecule has 0 saturated carbocycles. The van der Waals surface area contributed by atoms with Crippen LogP contribution in [0.5, 0.6) is 0 Å². The molecule has 1 aliphatic carbocycles. The molecule has 1 aliphatic rings. The van der Waals surface area contributed by atoms with Crippen LogP contribution < -0.4 is 5.73 Å². The number of aromatic nitrogens is 2. The zero-order valence-corrected chi connectivity index (χ0v) is 12.2. The molecule has 1 aromatic heterocycles. The Labute approximate surface area is 128 Å². The minimum Gasteiger partial charge on any atom is -0.383 e. The summed E-state index contributed by atoms with van der Waals surface area (Å²) < 4.78 is 1.39. The van der Waals surface area contributed by atoms with E-state index in [0.717, 1.165) is 47.7 Å². The van der Waals surface area contributed by atoms with Crippen LogP contribution in [-0.4, -0.2) is 15.7 Å². The van der Waals surface area contributed by atoms with Gasteiger partial charge in [0.2, 0.25) is 0 Å². The molecule has 2 N–H and O–H groups in total. The lowest BCUT2D eigenvalue weighted by Crippen LogP contribution is -2.16. The summed E-state index contributed by atoms with van der Waals surface area (Å²) in [7, 11) is 0. The number of fused-ring (bicyclic) bond motifs is 2. The first kappa shape index (κ1) is 13.1. The van der Waals surface area contributed by atoms with Gasteiger partial charge in [0.05, 0.1) is 5.69 Å². The molecule has 0 fully saturated rings. The highest BCUT2D eigenvalue weighted by molar-refractivity contribution is 6.08. The van der Waals surface area contributed by atoms with Crippen molar-refractivity contribution in [3.05, 3.63) is 59.3 Å². The van der Waals surface area contributed by atoms with Gasteiger partial charge in [-0.05, 0) is 42.5 Å². The third-order valence-corrected chi connectivity index (χ3v) is 4.41. The van der Waals surface area contributed by atoms with Crippen LogP contribution >= 0.6 is 0 Å². The maximum absolute atomic E-state index is 12.9. The number of hydrogen-bond donors (Lipinski definition) is 1. The van der Waals surface area contributed by atoms with E-state index in [0.29, 0.717) is 11.4 Å². The molecule has 0 spiro atoms. The smallest absolute Gasteiger partial charge is 0.280 e. The fraction of sp³-hybridized carbons (Fsp3) is 0.222. The molecule has 4 heteroatoms. The van der Waals surface area contributed by atoms with Crippen molar-refractivity contribution in [3.63, 3.8) is 0 Å². The maximum Gasteiger partial charge on any atom is 0.280 e. The van der Waals surface area contributed by atoms with Crippen LogP contribution in [0.2, 0.25) is 0 Å². The predicted molar refractivity (Wildman–Crippen MR) is 87.0 cm³/mol. The van der Waals surface area contributed by atoms with Crippen LogP contribution in [0.15, 0.2) is 42.5 Å². The molecule has 0 saturated heterocycles. The Bertz CT molecular complexity index is 874. The van der Waals surface area contributed by atoms with Gasteiger partial charge in [0.15, 0.2) is 0 Å². The van der Waals surface area contributed by atoms with E-state index in [-0.39, 0.29) is 5.91 Å². The molecular weight excluding hydrogens is 274 g/mol. The number of anilines is 1. The summed E-state index contributed by atoms with van der Waals surface area (Å²) in [5.74, 6) is 0.358. The van der Waals surface area contributed by atoms with E-state index < -0.39 is 0 Å². The molecule has 0 unspecified atom stereocenters. The lowest BCUT2D eigenvalue weighted by Gasteiger charge is -2.09. The van der Waals surface area contributed by atoms with Gasteiger partial charge in [-0.2, -0.15) is 9.78 Å². The Hall–Kier alpha value is -2.62. The second-order valence-electron chi connectivity index (χ2n) is 5.76. The molecule has 0 radical (unpaired) electrons. The highest BCUT2D eigenvalue weighted by Gasteiger charge is 2.23. The lowest BCUT2D eigenvalue weighted by molar-refractivity contribution is 0.0949. The predicted octanol–water partition coefficient (Wildman–Crippen LogP) is 3.19. The molecule has 1 heterocycles. The van der Waals surface area contributed by atoms with Gasteiger partial charge >= 0.3 is 0 Å². The number of benzene rings is 2. The number of nitrogens with zero attached hydrogens (tertiary/aromatic N) is 2. The number of carbonyl (C=O) groups excluding carboxylic acids is 1. The van der Waals surface area contributed by atoms with E-state index in [1.807, 2.05) is 42.5 Å². The van der Waals surface area contributed by atoms with Crippen molar-refractivity contribution in [2.24, 2.45) is 0 Å². The summed E-state index contributed by atoms with van der Waals surface area (Å²) in [6.45, 7) is 0. The van der Waals surface area contributed by atoms with Gasteiger partial charge in [0.1, 0.15) is 5.82 Å². The van der Waals surface area contributed by atoms with Crippen LogP contribution in [0.25, 0.3) is 10.8 Å². The highest BCUT2D eigenvalue weighted by Crippen LogP contribution is 2.27. The van der Waals surface area contributed by atoms with Crippen LogP contribution in [0, 0.1) is 0 Å². The minimum atomic E-state index is -0.149. The zero-order chi connectivity index (χ0) is 15.1. The maximum atomic E-state index is 12.9. The molecule has 110 valence electrons. The average molecular weight is 291 g/mol. The Kier molecular flexibility index (Phi) is 2.96. The van der Waals surface area contributed by atoms with Crippen molar-refractivity contribution < 1.29 is 4.79 Å². The van der Waals surface area contributed by atoms with E-state index in [2.05, 4.69) is 5.10 Å². The van der Waals surface area contributed by atoms with Crippen LogP contribution in [0.4, 0.5) is 5.82 Å². The van der Waals surface area contributed by atoms with E-state index >= 15 is 0 Å². The molecule has 0 aliphatic heterocycles. The fourth-order valence-corrected chi connectivity index (χ4v) is 3.26. The number of carbonyl (C=O) groups is 1. The van der Waals surface area contributed by atoms with E-state index in [4.69, 9.17) is 5.73 Å². The van der Waals surface area contributed by atoms with Crippen molar-refractivity contribution in [1.29, 1.82) is 0 Å². The van der Waals surface area contributed by atoms with Crippen molar-refractivity contribution in [2.75, 3.05) is 5.73 Å². The number of hydrogen-bond acceptors (Lipinski definition) is 3. The Morgan fingerprint density at radius 1 is 1.05 bits per heavy atom. The molecule has 4 rings (SSSR count). The van der Waals surface area contributed by atoms with Crippen LogP contribution in [0.1, 0.15) is 34.5 Å². The molecule has 2 aromatic carbocycles. The molecule has 22 heavy (non-hydrogen) atoms. The minimum absolute atomic E-state index is 0.149. The summed E-state index contributed by atoms with van der Waals surface area (Å²) in [4.78, 5) is 12.9. The molecule has 0 bridgehead atoms. The van der Waals surface area contributed by atoms with Gasteiger partial charge in [-0.1, -0.05) is 36.4 Å². The van der Waals surface area contributed by atoms with Crippen molar-refractivity contribution in [3.8, 4) is 0 Å². The Morgan fingerprint density at radius 2 is 1.82 bits per heavy atom. The van der Waals surface area contributed by atoms with Crippen LogP contribution in [-0.2, 0) is 12.8 Å². The van der Waals surface area contributed by atoms with Gasteiger partial charge in [-0.15, -0.1) is 0 Å². The van der Waals surface area contributed by atoms with E-state index in [1.165, 1.54) is 4.68 Å². The van der Waals surface area contributed by atoms with Gasteiger partial charge < -0.3 is 5.73 Å². The monoisotopic (exact) mass is 291 g/mol. The molecule has 0 atom stereocenters. The first-order valence-electron chi connectivity index (χ1n) is 7.64. The largest absolute Gasteiger partial charge is 0.383 e. The summed E-state index contributed by atoms with van der Waals surface area (Å²) in [5.41, 5.74) is 8.87. The standard InChI is InChI=1S/C18H17N3O/c19-17-15-9-3-4-11-16(15)20-21(17)18(22)14-10-5-7-12-6-1-2-8-13(12)14/h1-2,5-8,10H,3-4,9,11,19H2. The number of aryl methyl sites for hydroxylation is 1. The van der Waals surface area contributed by atoms with Gasteiger partial charge in [-0.25, -0.2) is 0 Å². The summed E-state index contributed by atoms with van der Waals surface area (Å²) >= 11 is 0. The average Bonchev–Trinajstić information content (AvgIpc) is 2.91. The van der Waals surface area contributed by atoms with Gasteiger partial charge in [0.25, 0.3) is 5.91 Å². The van der Waals surface area contributed by atoms with Crippen molar-refractivity contribution in [1.82, 2.24) is 9.78 Å². The Morgan fingerprint density at radius 3 is 2.68 bits per heavy atom. The molecule has 3 aromatic rings. The topological polar surface area (TPSA) is 60.9 Å². The first-order valence-corrected chi connectivity index (χ1v) is 7.64. The third kappa shape index (κ3) is 1.91. The lowest BCUT2D eigenvalue weighted by atomic mass is 9.98. The summed E-state index contributed by atoms with van der Waals surface area (Å²) in [6.07, 6.45) is 4.07. The van der Waals surface area contributed by atoms with Gasteiger partial charge in [0, 0.05) is 11.1 Å². The SMILES string of the molecule is Nc1c2c(nn1C(=O)c1cccc3ccccc13)CCCC2. The number of rotatable bonds is 1. The fourth-order valence-electron chi connectivity index (χ4n) is 3.26. The van der Waals surface area contributed by atoms with E-state index in [9.17, 15) is 4.79 Å². The third-order valence-electron chi connectivity index (χ3n) is 4.41. The first-order chi connectivity index (χ1) is 10.8. The second-order valence-corrected chi connectivity index (χ2v) is 5.76. The highest BCUT2D eigenvalue weighted by atomic mass is 16.2. The molecule has 0 amide bonds. The zero-order valence-electron chi connectivity index (χ0n) is 12.2.